The Kier molecular flexibility index (Phi) is 9.70. The lowest BCUT2D eigenvalue weighted by Gasteiger charge is -2.11. The van der Waals surface area contributed by atoms with Gasteiger partial charge in [0.2, 0.25) is 0 Å². The van der Waals surface area contributed by atoms with Crippen molar-refractivity contribution < 1.29 is 4.79 Å². The van der Waals surface area contributed by atoms with Crippen molar-refractivity contribution in [2.75, 3.05) is 12.0 Å². The van der Waals surface area contributed by atoms with Crippen LogP contribution in [0.5, 0.6) is 0 Å². The molecule has 0 amide bonds. The number of hydrogen-bond donors (Lipinski definition) is 0. The molecule has 1 nitrogen and oxygen atoms in total. The van der Waals surface area contributed by atoms with Crippen LogP contribution in [0.1, 0.15) is 78.6 Å². The number of carbonyl (C=O) groups excluding carboxylic acids is 1. The molecule has 1 N–H and O–H groups in total. The predicted octanol–water partition coefficient (Wildman–Crippen LogP) is 6.04. The van der Waals surface area contributed by atoms with Crippen LogP contribution in [0.4, 0.5) is 0 Å². The van der Waals surface area contributed by atoms with E-state index >= 15 is 0 Å². The molecule has 0 radical (unpaired) electrons. The lowest BCUT2D eigenvalue weighted by molar-refractivity contribution is 0.573. The topological polar surface area (TPSA) is 21.4 Å². The molecule has 0 spiro atoms. The minimum Gasteiger partial charge on any atom is -0.273 e. The van der Waals surface area contributed by atoms with Crippen molar-refractivity contribution in [2.45, 2.75) is 78.6 Å². The van der Waals surface area contributed by atoms with Gasteiger partial charge in [0.1, 0.15) is 0 Å². The van der Waals surface area contributed by atoms with E-state index in [9.17, 15) is 4.79 Å². The van der Waals surface area contributed by atoms with E-state index in [1.54, 1.807) is 0 Å². The summed E-state index contributed by atoms with van der Waals surface area (Å²) in [6.45, 7) is 6.28. The average molecular weight is 324 g/mol. The SMILES string of the molecule is CCCCCCCCCCCS(C)=C1C=C(C)C(=[OH+])C(C)=C1. The molecule has 2 heteroatoms. The molecule has 0 aromatic heterocycles. The summed E-state index contributed by atoms with van der Waals surface area (Å²) in [4.78, 5) is 11.3. The largest absolute Gasteiger partial charge is 0.345 e. The van der Waals surface area contributed by atoms with Gasteiger partial charge in [-0.2, -0.15) is 10.5 Å². The second-order valence-corrected chi connectivity index (χ2v) is 8.73. The molecule has 1 aliphatic rings. The molecular weight excluding hydrogens is 288 g/mol. The van der Waals surface area contributed by atoms with Gasteiger partial charge in [0.15, 0.2) is 0 Å². The van der Waals surface area contributed by atoms with E-state index in [4.69, 9.17) is 0 Å². The highest BCUT2D eigenvalue weighted by molar-refractivity contribution is 8.15. The van der Waals surface area contributed by atoms with Gasteiger partial charge in [-0.15, -0.1) is 0 Å². The number of allylic oxidation sites excluding steroid dienone is 4. The van der Waals surface area contributed by atoms with E-state index in [0.717, 1.165) is 11.1 Å². The maximum absolute atomic E-state index is 9.87. The molecule has 1 atom stereocenters. The van der Waals surface area contributed by atoms with E-state index < -0.39 is 0 Å². The zero-order chi connectivity index (χ0) is 16.4. The van der Waals surface area contributed by atoms with Gasteiger partial charge in [0.05, 0.1) is 11.1 Å². The Labute approximate surface area is 140 Å². The van der Waals surface area contributed by atoms with Crippen molar-refractivity contribution in [3.8, 4) is 0 Å². The van der Waals surface area contributed by atoms with Crippen molar-refractivity contribution in [2.24, 2.45) is 0 Å². The van der Waals surface area contributed by atoms with Crippen molar-refractivity contribution in [1.29, 1.82) is 0 Å². The summed E-state index contributed by atoms with van der Waals surface area (Å²) in [5.41, 5.74) is 2.03. The molecule has 22 heavy (non-hydrogen) atoms. The maximum atomic E-state index is 9.87. The second kappa shape index (κ2) is 11.0. The molecule has 0 heterocycles. The van der Waals surface area contributed by atoms with Crippen LogP contribution in [0, 0.1) is 0 Å². The summed E-state index contributed by atoms with van der Waals surface area (Å²) in [5, 5.41) is 0. The monoisotopic (exact) mass is 323 g/mol. The third-order valence-electron chi connectivity index (χ3n) is 4.42. The van der Waals surface area contributed by atoms with Gasteiger partial charge in [0.25, 0.3) is 0 Å². The van der Waals surface area contributed by atoms with E-state index in [1.807, 2.05) is 13.8 Å². The Morgan fingerprint density at radius 3 is 1.77 bits per heavy atom. The summed E-state index contributed by atoms with van der Waals surface area (Å²) in [6, 6.07) is 0. The third kappa shape index (κ3) is 7.09. The number of hydrogen-bond acceptors (Lipinski definition) is 0. The third-order valence-corrected chi connectivity index (χ3v) is 6.36. The minimum absolute atomic E-state index is 0.315. The van der Waals surface area contributed by atoms with Gasteiger partial charge in [-0.3, -0.25) is 4.79 Å². The van der Waals surface area contributed by atoms with Crippen LogP contribution in [0.2, 0.25) is 0 Å². The van der Waals surface area contributed by atoms with E-state index in [2.05, 4.69) is 25.3 Å². The summed E-state index contributed by atoms with van der Waals surface area (Å²) in [6.07, 6.45) is 19.2. The summed E-state index contributed by atoms with van der Waals surface area (Å²) in [7, 11) is 0.315. The maximum Gasteiger partial charge on any atom is 0.345 e. The molecule has 0 aromatic rings. The second-order valence-electron chi connectivity index (χ2n) is 6.58. The lowest BCUT2D eigenvalue weighted by atomic mass is 9.99. The Bertz CT molecular complexity index is 430. The molecule has 1 unspecified atom stereocenters. The molecule has 126 valence electrons. The molecule has 1 aliphatic carbocycles. The highest BCUT2D eigenvalue weighted by atomic mass is 32.2. The van der Waals surface area contributed by atoms with E-state index in [0.29, 0.717) is 16.3 Å². The summed E-state index contributed by atoms with van der Waals surface area (Å²) >= 11 is 0. The predicted molar refractivity (Wildman–Crippen MR) is 105 cm³/mol. The van der Waals surface area contributed by atoms with Crippen molar-refractivity contribution >= 4 is 21.1 Å². The quantitative estimate of drug-likeness (QED) is 0.265. The van der Waals surface area contributed by atoms with Gasteiger partial charge in [-0.05, 0) is 49.3 Å². The summed E-state index contributed by atoms with van der Waals surface area (Å²) < 4.78 is 0. The standard InChI is InChI=1S/C20H34OS/c1-5-6-7-8-9-10-11-12-13-14-22(4)19-15-17(2)20(21)18(3)16-19/h15-16H,5-14H2,1-4H3/p+1. The van der Waals surface area contributed by atoms with Gasteiger partial charge in [0, 0.05) is 0 Å². The Hall–Kier alpha value is -0.630. The van der Waals surface area contributed by atoms with Gasteiger partial charge in [-0.1, -0.05) is 58.3 Å². The van der Waals surface area contributed by atoms with Crippen LogP contribution >= 0.6 is 10.5 Å². The lowest BCUT2D eigenvalue weighted by Crippen LogP contribution is -2.11. The number of unbranched alkanes of at least 4 members (excludes halogenated alkanes) is 8. The van der Waals surface area contributed by atoms with Crippen LogP contribution in [-0.4, -0.2) is 27.5 Å². The minimum atomic E-state index is 0.315. The van der Waals surface area contributed by atoms with Crippen molar-refractivity contribution in [1.82, 2.24) is 0 Å². The van der Waals surface area contributed by atoms with E-state index in [1.165, 1.54) is 68.4 Å². The molecule has 0 fully saturated rings. The molecule has 0 saturated heterocycles. The Balaban J connectivity index is 2.22. The molecular formula is C20H35OS+. The highest BCUT2D eigenvalue weighted by Gasteiger charge is 2.19. The van der Waals surface area contributed by atoms with Gasteiger partial charge < -0.3 is 0 Å². The fourth-order valence-corrected chi connectivity index (χ4v) is 4.49. The van der Waals surface area contributed by atoms with Crippen LogP contribution < -0.4 is 0 Å². The fourth-order valence-electron chi connectivity index (χ4n) is 2.86. The zero-order valence-electron chi connectivity index (χ0n) is 15.1. The number of ketones is 1. The first-order chi connectivity index (χ1) is 10.6. The van der Waals surface area contributed by atoms with Crippen LogP contribution in [0.3, 0.4) is 0 Å². The molecule has 0 saturated carbocycles. The zero-order valence-corrected chi connectivity index (χ0v) is 15.9. The Morgan fingerprint density at radius 1 is 0.818 bits per heavy atom. The normalized spacial score (nSPS) is 16.5. The first-order valence-electron chi connectivity index (χ1n) is 8.99. The van der Waals surface area contributed by atoms with Crippen LogP contribution in [0.15, 0.2) is 23.3 Å². The average Bonchev–Trinajstić information content (AvgIpc) is 2.50. The Morgan fingerprint density at radius 2 is 1.27 bits per heavy atom. The van der Waals surface area contributed by atoms with Crippen LogP contribution in [-0.2, 0) is 0 Å². The summed E-state index contributed by atoms with van der Waals surface area (Å²) in [5.74, 6) is 1.75. The molecule has 0 aromatic carbocycles. The first kappa shape index (κ1) is 19.4. The number of rotatable bonds is 10. The molecule has 1 rings (SSSR count). The fraction of sp³-hybridized carbons (Fsp3) is 0.700. The van der Waals surface area contributed by atoms with Crippen molar-refractivity contribution in [3.63, 3.8) is 0 Å². The van der Waals surface area contributed by atoms with Crippen molar-refractivity contribution in [3.05, 3.63) is 23.3 Å². The smallest absolute Gasteiger partial charge is 0.273 e. The van der Waals surface area contributed by atoms with E-state index in [-0.39, 0.29) is 0 Å². The van der Waals surface area contributed by atoms with Gasteiger partial charge >= 0.3 is 5.78 Å². The molecule has 0 bridgehead atoms. The highest BCUT2D eigenvalue weighted by Crippen LogP contribution is 2.21. The van der Waals surface area contributed by atoms with Crippen LogP contribution in [0.25, 0.3) is 0 Å². The molecule has 0 aliphatic heterocycles. The van der Waals surface area contributed by atoms with Gasteiger partial charge in [-0.25, -0.2) is 0 Å². The first-order valence-corrected chi connectivity index (χ1v) is 10.8.